The lowest BCUT2D eigenvalue weighted by Crippen LogP contribution is -2.14. The molecular weight excluding hydrogens is 182 g/mol. The van der Waals surface area contributed by atoms with Gasteiger partial charge in [-0.05, 0) is 42.7 Å². The highest BCUT2D eigenvalue weighted by Gasteiger charge is 2.29. The molecule has 1 aromatic rings. The second-order valence-corrected chi connectivity index (χ2v) is 5.04. The summed E-state index contributed by atoms with van der Waals surface area (Å²) in [6.07, 6.45) is 6.12. The minimum Gasteiger partial charge on any atom is -0.261 e. The van der Waals surface area contributed by atoms with Crippen LogP contribution in [0.3, 0.4) is 0 Å². The Kier molecular flexibility index (Phi) is 3.08. The van der Waals surface area contributed by atoms with Crippen molar-refractivity contribution in [1.82, 2.24) is 4.98 Å². The minimum atomic E-state index is 0.677. The molecule has 1 heteroatoms. The van der Waals surface area contributed by atoms with Crippen LogP contribution in [0.25, 0.3) is 0 Å². The molecule has 0 aromatic carbocycles. The Morgan fingerprint density at radius 1 is 1.40 bits per heavy atom. The lowest BCUT2D eigenvalue weighted by atomic mass is 9.81. The van der Waals surface area contributed by atoms with Gasteiger partial charge in [0.15, 0.2) is 0 Å². The Morgan fingerprint density at radius 2 is 2.20 bits per heavy atom. The lowest BCUT2D eigenvalue weighted by molar-refractivity contribution is 0.360. The number of pyridine rings is 1. The molecule has 82 valence electrons. The van der Waals surface area contributed by atoms with Crippen LogP contribution in [0.4, 0.5) is 0 Å². The molecule has 1 aromatic heterocycles. The van der Waals surface area contributed by atoms with Crippen molar-refractivity contribution in [3.63, 3.8) is 0 Å². The van der Waals surface area contributed by atoms with Crippen LogP contribution in [0.5, 0.6) is 0 Å². The summed E-state index contributed by atoms with van der Waals surface area (Å²) in [7, 11) is 0. The van der Waals surface area contributed by atoms with Gasteiger partial charge in [-0.2, -0.15) is 0 Å². The molecule has 1 heterocycles. The van der Waals surface area contributed by atoms with Crippen molar-refractivity contribution in [2.45, 2.75) is 46.0 Å². The molecule has 15 heavy (non-hydrogen) atoms. The summed E-state index contributed by atoms with van der Waals surface area (Å²) >= 11 is 0. The van der Waals surface area contributed by atoms with Crippen LogP contribution in [-0.4, -0.2) is 4.98 Å². The third-order valence-electron chi connectivity index (χ3n) is 4.11. The smallest absolute Gasteiger partial charge is 0.0407 e. The van der Waals surface area contributed by atoms with Crippen molar-refractivity contribution in [3.05, 3.63) is 29.6 Å². The first-order chi connectivity index (χ1) is 7.20. The number of aryl methyl sites for hydroxylation is 1. The fourth-order valence-electron chi connectivity index (χ4n) is 3.13. The summed E-state index contributed by atoms with van der Waals surface area (Å²) in [4.78, 5) is 4.40. The van der Waals surface area contributed by atoms with E-state index in [0.29, 0.717) is 5.92 Å². The van der Waals surface area contributed by atoms with Crippen molar-refractivity contribution in [3.8, 4) is 0 Å². The maximum absolute atomic E-state index is 4.40. The van der Waals surface area contributed by atoms with Gasteiger partial charge in [-0.1, -0.05) is 32.8 Å². The summed E-state index contributed by atoms with van der Waals surface area (Å²) in [5, 5.41) is 0. The van der Waals surface area contributed by atoms with Gasteiger partial charge in [-0.3, -0.25) is 4.98 Å². The highest BCUT2D eigenvalue weighted by atomic mass is 14.7. The molecule has 0 amide bonds. The zero-order valence-corrected chi connectivity index (χ0v) is 10.0. The van der Waals surface area contributed by atoms with E-state index in [1.165, 1.54) is 30.5 Å². The zero-order valence-electron chi connectivity index (χ0n) is 10.0. The largest absolute Gasteiger partial charge is 0.261 e. The van der Waals surface area contributed by atoms with Gasteiger partial charge in [0, 0.05) is 11.9 Å². The van der Waals surface area contributed by atoms with Crippen LogP contribution in [-0.2, 0) is 0 Å². The topological polar surface area (TPSA) is 12.9 Å². The van der Waals surface area contributed by atoms with E-state index in [9.17, 15) is 0 Å². The van der Waals surface area contributed by atoms with Crippen LogP contribution < -0.4 is 0 Å². The van der Waals surface area contributed by atoms with Gasteiger partial charge in [0.05, 0.1) is 0 Å². The number of rotatable bonds is 2. The number of hydrogen-bond donors (Lipinski definition) is 0. The van der Waals surface area contributed by atoms with E-state index in [1.54, 1.807) is 0 Å². The molecule has 0 N–H and O–H groups in total. The third-order valence-corrected chi connectivity index (χ3v) is 4.11. The lowest BCUT2D eigenvalue weighted by Gasteiger charge is -2.24. The average molecular weight is 203 g/mol. The maximum atomic E-state index is 4.40. The van der Waals surface area contributed by atoms with E-state index in [1.807, 2.05) is 6.20 Å². The number of nitrogens with zero attached hydrogens (tertiary/aromatic N) is 1. The molecule has 3 unspecified atom stereocenters. The first-order valence-corrected chi connectivity index (χ1v) is 6.11. The highest BCUT2D eigenvalue weighted by Crippen LogP contribution is 2.41. The minimum absolute atomic E-state index is 0.677. The van der Waals surface area contributed by atoms with Crippen LogP contribution in [0, 0.1) is 18.8 Å². The maximum Gasteiger partial charge on any atom is 0.0407 e. The first kappa shape index (κ1) is 10.7. The van der Waals surface area contributed by atoms with E-state index in [4.69, 9.17) is 0 Å². The van der Waals surface area contributed by atoms with Crippen LogP contribution >= 0.6 is 0 Å². The standard InChI is InChI=1S/C14H21N/c1-10-6-4-7-13(10)11(2)14-8-5-9-15-12(14)3/h5,8-11,13H,4,6-7H2,1-3H3. The summed E-state index contributed by atoms with van der Waals surface area (Å²) in [6, 6.07) is 4.32. The predicted octanol–water partition coefficient (Wildman–Crippen LogP) is 3.93. The van der Waals surface area contributed by atoms with Crippen molar-refractivity contribution in [1.29, 1.82) is 0 Å². The molecule has 3 atom stereocenters. The van der Waals surface area contributed by atoms with E-state index in [2.05, 4.69) is 37.9 Å². The number of hydrogen-bond acceptors (Lipinski definition) is 1. The molecule has 0 aliphatic heterocycles. The monoisotopic (exact) mass is 203 g/mol. The Morgan fingerprint density at radius 3 is 2.80 bits per heavy atom. The predicted molar refractivity (Wildman–Crippen MR) is 63.9 cm³/mol. The highest BCUT2D eigenvalue weighted by molar-refractivity contribution is 5.23. The molecule has 0 radical (unpaired) electrons. The quantitative estimate of drug-likeness (QED) is 0.709. The second kappa shape index (κ2) is 4.34. The second-order valence-electron chi connectivity index (χ2n) is 5.04. The first-order valence-electron chi connectivity index (χ1n) is 6.11. The zero-order chi connectivity index (χ0) is 10.8. The van der Waals surface area contributed by atoms with E-state index >= 15 is 0 Å². The van der Waals surface area contributed by atoms with Gasteiger partial charge in [0.25, 0.3) is 0 Å². The van der Waals surface area contributed by atoms with E-state index in [-0.39, 0.29) is 0 Å². The Labute approximate surface area is 92.9 Å². The molecular formula is C14H21N. The van der Waals surface area contributed by atoms with E-state index in [0.717, 1.165) is 11.8 Å². The third kappa shape index (κ3) is 2.06. The summed E-state index contributed by atoms with van der Waals surface area (Å²) in [5.74, 6) is 2.43. The van der Waals surface area contributed by atoms with Gasteiger partial charge in [0.1, 0.15) is 0 Å². The normalized spacial score (nSPS) is 27.9. The van der Waals surface area contributed by atoms with Crippen molar-refractivity contribution in [2.75, 3.05) is 0 Å². The van der Waals surface area contributed by atoms with Gasteiger partial charge in [-0.15, -0.1) is 0 Å². The molecule has 1 aliphatic rings. The Balaban J connectivity index is 2.20. The molecule has 0 bridgehead atoms. The van der Waals surface area contributed by atoms with Gasteiger partial charge < -0.3 is 0 Å². The summed E-state index contributed by atoms with van der Waals surface area (Å²) in [6.45, 7) is 6.90. The van der Waals surface area contributed by atoms with Crippen molar-refractivity contribution >= 4 is 0 Å². The van der Waals surface area contributed by atoms with Gasteiger partial charge in [-0.25, -0.2) is 0 Å². The Bertz CT molecular complexity index is 332. The average Bonchev–Trinajstić information content (AvgIpc) is 2.64. The fraction of sp³-hybridized carbons (Fsp3) is 0.643. The molecule has 2 rings (SSSR count). The van der Waals surface area contributed by atoms with Gasteiger partial charge >= 0.3 is 0 Å². The molecule has 0 saturated heterocycles. The molecule has 1 nitrogen and oxygen atoms in total. The van der Waals surface area contributed by atoms with Crippen LogP contribution in [0.1, 0.15) is 50.3 Å². The molecule has 1 aliphatic carbocycles. The Hall–Kier alpha value is -0.850. The summed E-state index contributed by atoms with van der Waals surface area (Å²) in [5.41, 5.74) is 2.67. The van der Waals surface area contributed by atoms with Crippen LogP contribution in [0.15, 0.2) is 18.3 Å². The van der Waals surface area contributed by atoms with Crippen LogP contribution in [0.2, 0.25) is 0 Å². The fourth-order valence-corrected chi connectivity index (χ4v) is 3.13. The van der Waals surface area contributed by atoms with Gasteiger partial charge in [0.2, 0.25) is 0 Å². The van der Waals surface area contributed by atoms with Crippen molar-refractivity contribution in [2.24, 2.45) is 11.8 Å². The molecule has 0 spiro atoms. The summed E-state index contributed by atoms with van der Waals surface area (Å²) < 4.78 is 0. The van der Waals surface area contributed by atoms with Crippen molar-refractivity contribution < 1.29 is 0 Å². The SMILES string of the molecule is Cc1ncccc1C(C)C1CCCC1C. The molecule has 1 saturated carbocycles. The number of aromatic nitrogens is 1. The molecule has 1 fully saturated rings. The van der Waals surface area contributed by atoms with E-state index < -0.39 is 0 Å².